The van der Waals surface area contributed by atoms with Gasteiger partial charge < -0.3 is 10.2 Å². The predicted octanol–water partition coefficient (Wildman–Crippen LogP) is 0.260. The Bertz CT molecular complexity index is 622. The first-order valence-electron chi connectivity index (χ1n) is 9.83. The van der Waals surface area contributed by atoms with Gasteiger partial charge in [0.05, 0.1) is 5.92 Å². The van der Waals surface area contributed by atoms with Gasteiger partial charge in [-0.3, -0.25) is 14.5 Å². The minimum absolute atomic E-state index is 0.106. The lowest BCUT2D eigenvalue weighted by Crippen LogP contribution is -2.52. The highest BCUT2D eigenvalue weighted by atomic mass is 16.2. The van der Waals surface area contributed by atoms with Crippen LogP contribution in [-0.2, 0) is 16.1 Å². The summed E-state index contributed by atoms with van der Waals surface area (Å²) < 4.78 is 1.57. The first-order chi connectivity index (χ1) is 12.7. The second-order valence-corrected chi connectivity index (χ2v) is 7.82. The van der Waals surface area contributed by atoms with E-state index in [4.69, 9.17) is 0 Å². The van der Waals surface area contributed by atoms with Crippen LogP contribution in [0.15, 0.2) is 12.7 Å². The molecule has 26 heavy (non-hydrogen) atoms. The summed E-state index contributed by atoms with van der Waals surface area (Å²) in [5.74, 6) is 0.489. The van der Waals surface area contributed by atoms with Gasteiger partial charge in [-0.25, -0.2) is 9.67 Å². The molecule has 0 spiro atoms. The molecular weight excluding hydrogens is 332 g/mol. The average Bonchev–Trinajstić information content (AvgIpc) is 3.34. The molecule has 8 nitrogen and oxygen atoms in total. The number of hydrogen-bond acceptors (Lipinski definition) is 5. The summed E-state index contributed by atoms with van der Waals surface area (Å²) in [6.45, 7) is 3.78. The van der Waals surface area contributed by atoms with E-state index < -0.39 is 0 Å². The largest absolute Gasteiger partial charge is 0.353 e. The van der Waals surface area contributed by atoms with E-state index in [0.717, 1.165) is 64.7 Å². The van der Waals surface area contributed by atoms with Crippen LogP contribution in [0.25, 0.3) is 0 Å². The lowest BCUT2D eigenvalue weighted by Gasteiger charge is -2.42. The summed E-state index contributed by atoms with van der Waals surface area (Å²) in [6, 6.07) is 0.930. The summed E-state index contributed by atoms with van der Waals surface area (Å²) in [4.78, 5) is 33.0. The van der Waals surface area contributed by atoms with Crippen molar-refractivity contribution in [1.29, 1.82) is 0 Å². The number of hydrogen-bond donors (Lipinski definition) is 1. The number of piperidine rings is 2. The van der Waals surface area contributed by atoms with Crippen molar-refractivity contribution in [3.8, 4) is 0 Å². The van der Waals surface area contributed by atoms with E-state index in [9.17, 15) is 9.59 Å². The van der Waals surface area contributed by atoms with E-state index in [-0.39, 0.29) is 24.3 Å². The SMILES string of the molecule is O=C(NC1CC1)[C@H]1CCCN(C2CCN(C(=O)Cn3cncn3)CC2)C1. The van der Waals surface area contributed by atoms with E-state index >= 15 is 0 Å². The Morgan fingerprint density at radius 3 is 2.58 bits per heavy atom. The lowest BCUT2D eigenvalue weighted by atomic mass is 9.93. The van der Waals surface area contributed by atoms with Crippen molar-refractivity contribution in [2.75, 3.05) is 26.2 Å². The topological polar surface area (TPSA) is 83.4 Å². The smallest absolute Gasteiger partial charge is 0.244 e. The van der Waals surface area contributed by atoms with Crippen LogP contribution in [0.2, 0.25) is 0 Å². The van der Waals surface area contributed by atoms with Gasteiger partial charge in [0.2, 0.25) is 11.8 Å². The Balaban J connectivity index is 1.24. The number of likely N-dealkylation sites (tertiary alicyclic amines) is 2. The number of carbonyl (C=O) groups is 2. The number of nitrogens with one attached hydrogen (secondary N) is 1. The van der Waals surface area contributed by atoms with Crippen molar-refractivity contribution >= 4 is 11.8 Å². The maximum Gasteiger partial charge on any atom is 0.244 e. The molecule has 1 aliphatic carbocycles. The summed E-state index contributed by atoms with van der Waals surface area (Å²) >= 11 is 0. The highest BCUT2D eigenvalue weighted by Crippen LogP contribution is 2.26. The van der Waals surface area contributed by atoms with Crippen LogP contribution in [-0.4, -0.2) is 74.6 Å². The number of carbonyl (C=O) groups excluding carboxylic acids is 2. The van der Waals surface area contributed by atoms with Crippen LogP contribution in [0.5, 0.6) is 0 Å². The van der Waals surface area contributed by atoms with Crippen molar-refractivity contribution in [3.05, 3.63) is 12.7 Å². The molecule has 1 aromatic rings. The molecule has 1 atom stereocenters. The molecule has 8 heteroatoms. The molecule has 0 aromatic carbocycles. The van der Waals surface area contributed by atoms with Crippen LogP contribution in [0.4, 0.5) is 0 Å². The van der Waals surface area contributed by atoms with Gasteiger partial charge in [-0.15, -0.1) is 0 Å². The van der Waals surface area contributed by atoms with E-state index in [1.807, 2.05) is 4.90 Å². The fraction of sp³-hybridized carbons (Fsp3) is 0.778. The van der Waals surface area contributed by atoms with Gasteiger partial charge in [0, 0.05) is 31.7 Å². The van der Waals surface area contributed by atoms with Crippen molar-refractivity contribution in [2.45, 2.75) is 57.2 Å². The minimum Gasteiger partial charge on any atom is -0.353 e. The van der Waals surface area contributed by atoms with Crippen molar-refractivity contribution in [1.82, 2.24) is 29.9 Å². The number of amides is 2. The van der Waals surface area contributed by atoms with Crippen LogP contribution >= 0.6 is 0 Å². The Morgan fingerprint density at radius 2 is 1.88 bits per heavy atom. The van der Waals surface area contributed by atoms with Gasteiger partial charge >= 0.3 is 0 Å². The normalized spacial score (nSPS) is 25.2. The Kier molecular flexibility index (Phi) is 5.19. The Labute approximate surface area is 153 Å². The predicted molar refractivity (Wildman–Crippen MR) is 95.1 cm³/mol. The molecule has 3 fully saturated rings. The number of nitrogens with zero attached hydrogens (tertiary/aromatic N) is 5. The fourth-order valence-corrected chi connectivity index (χ4v) is 4.13. The molecule has 0 bridgehead atoms. The van der Waals surface area contributed by atoms with Gasteiger partial charge in [0.25, 0.3) is 0 Å². The van der Waals surface area contributed by atoms with E-state index in [0.29, 0.717) is 12.1 Å². The van der Waals surface area contributed by atoms with Gasteiger partial charge in [0.1, 0.15) is 19.2 Å². The van der Waals surface area contributed by atoms with Gasteiger partial charge in [0.15, 0.2) is 0 Å². The quantitative estimate of drug-likeness (QED) is 0.814. The zero-order valence-electron chi connectivity index (χ0n) is 15.2. The highest BCUT2D eigenvalue weighted by Gasteiger charge is 2.34. The molecule has 2 aliphatic heterocycles. The van der Waals surface area contributed by atoms with Crippen LogP contribution in [0.1, 0.15) is 38.5 Å². The summed E-state index contributed by atoms with van der Waals surface area (Å²) in [5.41, 5.74) is 0. The van der Waals surface area contributed by atoms with E-state index in [2.05, 4.69) is 20.3 Å². The maximum atomic E-state index is 12.4. The van der Waals surface area contributed by atoms with Crippen molar-refractivity contribution in [2.24, 2.45) is 5.92 Å². The minimum atomic E-state index is 0.106. The molecule has 2 saturated heterocycles. The second kappa shape index (κ2) is 7.73. The van der Waals surface area contributed by atoms with Gasteiger partial charge in [-0.2, -0.15) is 5.10 Å². The molecule has 1 saturated carbocycles. The summed E-state index contributed by atoms with van der Waals surface area (Å²) in [7, 11) is 0. The third-order valence-corrected chi connectivity index (χ3v) is 5.84. The molecule has 1 aromatic heterocycles. The maximum absolute atomic E-state index is 12.4. The number of aromatic nitrogens is 3. The van der Waals surface area contributed by atoms with Gasteiger partial charge in [-0.05, 0) is 45.1 Å². The Morgan fingerprint density at radius 1 is 1.08 bits per heavy atom. The third kappa shape index (κ3) is 4.23. The Hall–Kier alpha value is -1.96. The molecule has 0 radical (unpaired) electrons. The third-order valence-electron chi connectivity index (χ3n) is 5.84. The molecule has 3 heterocycles. The van der Waals surface area contributed by atoms with Crippen molar-refractivity contribution in [3.63, 3.8) is 0 Å². The van der Waals surface area contributed by atoms with Crippen LogP contribution < -0.4 is 5.32 Å². The monoisotopic (exact) mass is 360 g/mol. The van der Waals surface area contributed by atoms with E-state index in [1.54, 1.807) is 11.0 Å². The standard InChI is InChI=1S/C18H28N6O2/c25-17(11-24-13-19-12-20-24)22-8-5-16(6-9-22)23-7-1-2-14(10-23)18(26)21-15-3-4-15/h12-16H,1-11H2,(H,21,26)/t14-/m0/s1. The molecular formula is C18H28N6O2. The second-order valence-electron chi connectivity index (χ2n) is 7.82. The first kappa shape index (κ1) is 17.5. The average molecular weight is 360 g/mol. The zero-order chi connectivity index (χ0) is 17.9. The molecule has 2 amide bonds. The molecule has 0 unspecified atom stereocenters. The first-order valence-corrected chi connectivity index (χ1v) is 9.83. The van der Waals surface area contributed by atoms with Crippen LogP contribution in [0.3, 0.4) is 0 Å². The van der Waals surface area contributed by atoms with Gasteiger partial charge in [-0.1, -0.05) is 0 Å². The van der Waals surface area contributed by atoms with Crippen LogP contribution in [0, 0.1) is 5.92 Å². The number of rotatable bonds is 5. The summed E-state index contributed by atoms with van der Waals surface area (Å²) in [6.07, 6.45) is 9.38. The zero-order valence-corrected chi connectivity index (χ0v) is 15.2. The highest BCUT2D eigenvalue weighted by molar-refractivity contribution is 5.79. The summed E-state index contributed by atoms with van der Waals surface area (Å²) in [5, 5.41) is 7.16. The van der Waals surface area contributed by atoms with Crippen molar-refractivity contribution < 1.29 is 9.59 Å². The lowest BCUT2D eigenvalue weighted by molar-refractivity contribution is -0.133. The fourth-order valence-electron chi connectivity index (χ4n) is 4.13. The molecule has 4 rings (SSSR count). The molecule has 1 N–H and O–H groups in total. The molecule has 142 valence electrons. The molecule has 3 aliphatic rings. The van der Waals surface area contributed by atoms with E-state index in [1.165, 1.54) is 6.33 Å².